The number of benzene rings is 2. The smallest absolute Gasteiger partial charge is 0.340 e. The molecule has 1 aliphatic rings. The Kier molecular flexibility index (Phi) is 6.59. The van der Waals surface area contributed by atoms with Crippen molar-refractivity contribution in [2.75, 3.05) is 36.7 Å². The minimum absolute atomic E-state index is 0.277. The largest absolute Gasteiger partial charge is 0.493 e. The van der Waals surface area contributed by atoms with Gasteiger partial charge in [-0.15, -0.1) is 0 Å². The predicted octanol–water partition coefficient (Wildman–Crippen LogP) is 3.61. The maximum Gasteiger partial charge on any atom is 0.340 e. The molecule has 1 amide bonds. The van der Waals surface area contributed by atoms with Crippen molar-refractivity contribution in [2.24, 2.45) is 0 Å². The van der Waals surface area contributed by atoms with Crippen molar-refractivity contribution in [2.45, 2.75) is 13.0 Å². The molecule has 0 aliphatic carbocycles. The summed E-state index contributed by atoms with van der Waals surface area (Å²) in [5.41, 5.74) is 10.7. The van der Waals surface area contributed by atoms with Crippen LogP contribution in [0.4, 0.5) is 22.2 Å². The van der Waals surface area contributed by atoms with Crippen LogP contribution in [0, 0.1) is 0 Å². The molecule has 0 spiro atoms. The van der Waals surface area contributed by atoms with Gasteiger partial charge in [-0.05, 0) is 35.7 Å². The minimum Gasteiger partial charge on any atom is -0.493 e. The number of fused-ring (bicyclic) bond motifs is 2. The lowest BCUT2D eigenvalue weighted by Crippen LogP contribution is -2.32. The first kappa shape index (κ1) is 24.4. The highest BCUT2D eigenvalue weighted by Crippen LogP contribution is 2.44. The molecule has 2 aromatic carbocycles. The van der Waals surface area contributed by atoms with Gasteiger partial charge in [0.15, 0.2) is 11.5 Å². The first-order valence-electron chi connectivity index (χ1n) is 11.3. The number of carbonyl (C=O) groups is 1. The summed E-state index contributed by atoms with van der Waals surface area (Å²) in [4.78, 5) is 27.7. The molecule has 1 unspecified atom stereocenters. The number of carbonyl (C=O) groups excluding carboxylic acids is 1. The summed E-state index contributed by atoms with van der Waals surface area (Å²) >= 11 is -2.60. The van der Waals surface area contributed by atoms with Gasteiger partial charge in [0.2, 0.25) is 17.0 Å². The van der Waals surface area contributed by atoms with Gasteiger partial charge in [-0.25, -0.2) is 9.19 Å². The predicted molar refractivity (Wildman–Crippen MR) is 141 cm³/mol. The van der Waals surface area contributed by atoms with Crippen molar-refractivity contribution >= 4 is 44.7 Å². The van der Waals surface area contributed by atoms with Crippen LogP contribution in [0.2, 0.25) is 0 Å². The fourth-order valence-corrected chi connectivity index (χ4v) is 4.77. The number of ether oxygens (including phenoxy) is 2. The Morgan fingerprint density at radius 1 is 1.16 bits per heavy atom. The molecule has 37 heavy (non-hydrogen) atoms. The van der Waals surface area contributed by atoms with Gasteiger partial charge in [-0.2, -0.15) is 4.98 Å². The van der Waals surface area contributed by atoms with Gasteiger partial charge in [0.05, 0.1) is 36.4 Å². The molecular formula is C25H24N6O5S. The Labute approximate surface area is 214 Å². The van der Waals surface area contributed by atoms with Crippen LogP contribution in [0.1, 0.15) is 11.1 Å². The molecule has 12 heteroatoms. The highest BCUT2D eigenvalue weighted by molar-refractivity contribution is 7.95. The Hall–Kier alpha value is -4.29. The monoisotopic (exact) mass is 520 g/mol. The average Bonchev–Trinajstić information content (AvgIpc) is 2.92. The number of nitrogen functional groups attached to an aromatic ring is 1. The molecule has 4 aromatic rings. The number of rotatable bonds is 5. The van der Waals surface area contributed by atoms with E-state index in [1.165, 1.54) is 0 Å². The molecule has 3 heterocycles. The van der Waals surface area contributed by atoms with Gasteiger partial charge in [0, 0.05) is 31.0 Å². The number of amides is 1. The van der Waals surface area contributed by atoms with Gasteiger partial charge < -0.3 is 25.4 Å². The van der Waals surface area contributed by atoms with Crippen LogP contribution in [0.15, 0.2) is 48.7 Å². The van der Waals surface area contributed by atoms with E-state index in [-0.39, 0.29) is 5.82 Å². The standard InChI is InChI=1S/C25H24N6O5S/c1-35-19-12-18-21(20(22(19)36-2)17-7-3-4-10-27-17)23(26)30-24(28-18)31-11-9-15-14(13-31)6-5-8-16(15)29-25(32)37(33)34/h3-8,10,12H,9,11,13H2,1-2H3,(H,29,32)(H,33,34)(H2,26,28,30). The summed E-state index contributed by atoms with van der Waals surface area (Å²) in [7, 11) is 3.11. The maximum absolute atomic E-state index is 11.7. The van der Waals surface area contributed by atoms with Gasteiger partial charge >= 0.3 is 5.24 Å². The molecule has 2 aromatic heterocycles. The molecule has 0 saturated carbocycles. The third-order valence-corrected chi connectivity index (χ3v) is 6.63. The molecule has 0 bridgehead atoms. The van der Waals surface area contributed by atoms with E-state index >= 15 is 0 Å². The summed E-state index contributed by atoms with van der Waals surface area (Å²) in [5, 5.41) is 2.16. The molecule has 0 saturated heterocycles. The normalized spacial score (nSPS) is 13.6. The van der Waals surface area contributed by atoms with Crippen LogP contribution in [0.5, 0.6) is 11.5 Å². The molecular weight excluding hydrogens is 496 g/mol. The minimum atomic E-state index is -2.60. The van der Waals surface area contributed by atoms with Crippen LogP contribution in [0.3, 0.4) is 0 Å². The number of nitrogens with zero attached hydrogens (tertiary/aromatic N) is 4. The number of hydrogen-bond acceptors (Lipinski definition) is 9. The topological polar surface area (TPSA) is 153 Å². The average molecular weight is 521 g/mol. The summed E-state index contributed by atoms with van der Waals surface area (Å²) < 4.78 is 31.4. The molecule has 11 nitrogen and oxygen atoms in total. The second-order valence-electron chi connectivity index (χ2n) is 8.28. The first-order chi connectivity index (χ1) is 17.9. The van der Waals surface area contributed by atoms with Gasteiger partial charge in [0.1, 0.15) is 5.82 Å². The van der Waals surface area contributed by atoms with Gasteiger partial charge in [-0.1, -0.05) is 18.2 Å². The van der Waals surface area contributed by atoms with Crippen molar-refractivity contribution in [3.8, 4) is 22.8 Å². The van der Waals surface area contributed by atoms with Gasteiger partial charge in [-0.3, -0.25) is 14.3 Å². The molecule has 4 N–H and O–H groups in total. The second-order valence-corrected chi connectivity index (χ2v) is 9.15. The van der Waals surface area contributed by atoms with E-state index in [4.69, 9.17) is 24.7 Å². The molecule has 1 aliphatic heterocycles. The lowest BCUT2D eigenvalue weighted by molar-refractivity contribution is 0.267. The third kappa shape index (κ3) is 4.52. The zero-order valence-electron chi connectivity index (χ0n) is 20.1. The number of methoxy groups -OCH3 is 2. The second kappa shape index (κ2) is 9.99. The number of hydrogen-bond donors (Lipinski definition) is 3. The number of pyridine rings is 1. The quantitative estimate of drug-likeness (QED) is 0.333. The Balaban J connectivity index is 1.57. The van der Waals surface area contributed by atoms with Crippen molar-refractivity contribution in [3.05, 3.63) is 59.8 Å². The van der Waals surface area contributed by atoms with Crippen LogP contribution < -0.4 is 25.4 Å². The number of aromatic nitrogens is 3. The van der Waals surface area contributed by atoms with Crippen LogP contribution >= 0.6 is 0 Å². The Morgan fingerprint density at radius 3 is 2.70 bits per heavy atom. The summed E-state index contributed by atoms with van der Waals surface area (Å²) in [6.45, 7) is 1.01. The van der Waals surface area contributed by atoms with E-state index in [1.807, 2.05) is 29.2 Å². The van der Waals surface area contributed by atoms with E-state index in [9.17, 15) is 9.00 Å². The first-order valence-corrected chi connectivity index (χ1v) is 12.4. The highest BCUT2D eigenvalue weighted by atomic mass is 32.2. The van der Waals surface area contributed by atoms with Crippen LogP contribution in [0.25, 0.3) is 22.2 Å². The van der Waals surface area contributed by atoms with E-state index in [0.29, 0.717) is 64.8 Å². The van der Waals surface area contributed by atoms with Crippen molar-refractivity contribution in [3.63, 3.8) is 0 Å². The maximum atomic E-state index is 11.7. The zero-order valence-corrected chi connectivity index (χ0v) is 20.9. The van der Waals surface area contributed by atoms with E-state index in [1.54, 1.807) is 38.6 Å². The molecule has 0 fully saturated rings. The third-order valence-electron chi connectivity index (χ3n) is 6.21. The van der Waals surface area contributed by atoms with Crippen molar-refractivity contribution in [1.29, 1.82) is 0 Å². The molecule has 190 valence electrons. The summed E-state index contributed by atoms with van der Waals surface area (Å²) in [5.74, 6) is 1.70. The van der Waals surface area contributed by atoms with E-state index in [0.717, 1.165) is 11.1 Å². The summed E-state index contributed by atoms with van der Waals surface area (Å²) in [6.07, 6.45) is 2.25. The number of anilines is 3. The fourth-order valence-electron chi connectivity index (χ4n) is 4.57. The van der Waals surface area contributed by atoms with Gasteiger partial charge in [0.25, 0.3) is 0 Å². The molecule has 1 atom stereocenters. The van der Waals surface area contributed by atoms with E-state index < -0.39 is 16.3 Å². The van der Waals surface area contributed by atoms with Crippen molar-refractivity contribution in [1.82, 2.24) is 15.0 Å². The lowest BCUT2D eigenvalue weighted by atomic mass is 9.98. The van der Waals surface area contributed by atoms with Crippen molar-refractivity contribution < 1.29 is 23.0 Å². The van der Waals surface area contributed by atoms with Crippen LogP contribution in [-0.4, -0.2) is 49.7 Å². The zero-order chi connectivity index (χ0) is 26.1. The highest BCUT2D eigenvalue weighted by Gasteiger charge is 2.25. The number of nitrogens with two attached hydrogens (primary N) is 1. The molecule has 5 rings (SSSR count). The fraction of sp³-hybridized carbons (Fsp3) is 0.200. The van der Waals surface area contributed by atoms with E-state index in [2.05, 4.69) is 15.3 Å². The number of nitrogens with one attached hydrogen (secondary N) is 1. The summed E-state index contributed by atoms with van der Waals surface area (Å²) in [6, 6.07) is 12.7. The lowest BCUT2D eigenvalue weighted by Gasteiger charge is -2.30. The Morgan fingerprint density at radius 2 is 2.00 bits per heavy atom. The molecule has 0 radical (unpaired) electrons. The van der Waals surface area contributed by atoms with Crippen LogP contribution in [-0.2, 0) is 24.0 Å². The Bertz CT molecular complexity index is 1530. The SMILES string of the molecule is COc1cc2nc(N3CCc4c(cccc4NC(=O)S(=O)O)C3)nc(N)c2c(-c2ccccn2)c1OC.